The van der Waals surface area contributed by atoms with E-state index in [1.54, 1.807) is 0 Å². The standard InChI is InChI=1S/C28H40N3O/c1-29(2,3)25-16-10-22(11-17-25)28(32,23-12-18-26(19-13-23)30(4,5)6)24-14-20-27(21-15-24)31(7,8)9/h10-21,32H,1-9H3/q+3. The summed E-state index contributed by atoms with van der Waals surface area (Å²) in [6.07, 6.45) is 0. The van der Waals surface area contributed by atoms with Crippen LogP contribution in [0.1, 0.15) is 16.7 Å². The van der Waals surface area contributed by atoms with Gasteiger partial charge in [0.2, 0.25) is 0 Å². The molecule has 4 heteroatoms. The monoisotopic (exact) mass is 434 g/mol. The number of quaternary nitrogens is 3. The van der Waals surface area contributed by atoms with Gasteiger partial charge >= 0.3 is 0 Å². The van der Waals surface area contributed by atoms with Crippen LogP contribution in [0.4, 0.5) is 17.1 Å². The van der Waals surface area contributed by atoms with Crippen molar-refractivity contribution in [2.45, 2.75) is 5.60 Å². The average molecular weight is 435 g/mol. The molecule has 0 heterocycles. The maximum absolute atomic E-state index is 12.3. The number of aliphatic hydroxyl groups is 1. The summed E-state index contributed by atoms with van der Waals surface area (Å²) in [4.78, 5) is 0. The van der Waals surface area contributed by atoms with E-state index in [1.807, 2.05) is 0 Å². The van der Waals surface area contributed by atoms with Gasteiger partial charge in [-0.15, -0.1) is 0 Å². The van der Waals surface area contributed by atoms with Gasteiger partial charge in [-0.1, -0.05) is 0 Å². The second-order valence-electron chi connectivity index (χ2n) is 11.4. The van der Waals surface area contributed by atoms with Gasteiger partial charge in [0.25, 0.3) is 0 Å². The molecule has 0 amide bonds. The molecule has 0 bridgehead atoms. The van der Waals surface area contributed by atoms with Gasteiger partial charge in [0.1, 0.15) is 22.7 Å². The van der Waals surface area contributed by atoms with Gasteiger partial charge in [-0.3, -0.25) is 13.4 Å². The van der Waals surface area contributed by atoms with Crippen LogP contribution in [-0.2, 0) is 5.60 Å². The number of nitrogens with zero attached hydrogens (tertiary/aromatic N) is 3. The van der Waals surface area contributed by atoms with Crippen LogP contribution in [0, 0.1) is 0 Å². The number of rotatable bonds is 6. The molecule has 0 aliphatic heterocycles. The third-order valence-electron chi connectivity index (χ3n) is 6.18. The van der Waals surface area contributed by atoms with Crippen molar-refractivity contribution < 1.29 is 5.11 Å². The maximum atomic E-state index is 12.3. The fraction of sp³-hybridized carbons (Fsp3) is 0.357. The molecule has 0 radical (unpaired) electrons. The lowest BCUT2D eigenvalue weighted by Gasteiger charge is -2.32. The zero-order valence-corrected chi connectivity index (χ0v) is 21.2. The molecule has 0 spiro atoms. The van der Waals surface area contributed by atoms with Crippen molar-refractivity contribution in [1.29, 1.82) is 0 Å². The molecule has 0 fully saturated rings. The smallest absolute Gasteiger partial charge is 0.140 e. The highest BCUT2D eigenvalue weighted by Crippen LogP contribution is 2.39. The van der Waals surface area contributed by atoms with E-state index in [0.29, 0.717) is 0 Å². The molecule has 0 aromatic heterocycles. The lowest BCUT2D eigenvalue weighted by molar-refractivity contribution is 0.125. The Kier molecular flexibility index (Phi) is 6.13. The second-order valence-corrected chi connectivity index (χ2v) is 11.4. The van der Waals surface area contributed by atoms with Gasteiger partial charge < -0.3 is 5.11 Å². The summed E-state index contributed by atoms with van der Waals surface area (Å²) in [6, 6.07) is 25.0. The van der Waals surface area contributed by atoms with Gasteiger partial charge in [0, 0.05) is 0 Å². The van der Waals surface area contributed by atoms with Crippen LogP contribution in [0.15, 0.2) is 72.8 Å². The van der Waals surface area contributed by atoms with E-state index < -0.39 is 5.60 Å². The Morgan fingerprint density at radius 3 is 0.750 bits per heavy atom. The fourth-order valence-corrected chi connectivity index (χ4v) is 3.95. The molecule has 3 rings (SSSR count). The molecule has 32 heavy (non-hydrogen) atoms. The van der Waals surface area contributed by atoms with Gasteiger partial charge in [0.15, 0.2) is 0 Å². The van der Waals surface area contributed by atoms with Crippen LogP contribution in [0.25, 0.3) is 0 Å². The molecule has 0 unspecified atom stereocenters. The number of hydrogen-bond donors (Lipinski definition) is 1. The van der Waals surface area contributed by atoms with Gasteiger partial charge in [-0.05, 0) is 89.5 Å². The molecule has 1 N–H and O–H groups in total. The van der Waals surface area contributed by atoms with E-state index in [-0.39, 0.29) is 0 Å². The van der Waals surface area contributed by atoms with Crippen LogP contribution in [0.2, 0.25) is 0 Å². The highest BCUT2D eigenvalue weighted by atomic mass is 16.3. The molecule has 4 nitrogen and oxygen atoms in total. The third kappa shape index (κ3) is 4.79. The lowest BCUT2D eigenvalue weighted by atomic mass is 9.80. The SMILES string of the molecule is C[N+](C)(C)c1ccc(C(O)(c2ccc([N+](C)(C)C)cc2)c2ccc([N+](C)(C)C)cc2)cc1. The normalized spacial score (nSPS) is 13.3. The van der Waals surface area contributed by atoms with E-state index in [9.17, 15) is 5.11 Å². The first-order chi connectivity index (χ1) is 14.6. The van der Waals surface area contributed by atoms with E-state index >= 15 is 0 Å². The van der Waals surface area contributed by atoms with Crippen molar-refractivity contribution in [3.8, 4) is 0 Å². The first-order valence-corrected chi connectivity index (χ1v) is 11.1. The molecular weight excluding hydrogens is 394 g/mol. The van der Waals surface area contributed by atoms with Crippen molar-refractivity contribution in [3.05, 3.63) is 89.5 Å². The molecular formula is C28H40N3O+3. The van der Waals surface area contributed by atoms with Crippen LogP contribution in [0.3, 0.4) is 0 Å². The summed E-state index contributed by atoms with van der Waals surface area (Å²) in [5.41, 5.74) is 4.93. The van der Waals surface area contributed by atoms with E-state index in [1.165, 1.54) is 17.1 Å². The summed E-state index contributed by atoms with van der Waals surface area (Å²) >= 11 is 0. The van der Waals surface area contributed by atoms with E-state index in [4.69, 9.17) is 0 Å². The predicted octanol–water partition coefficient (Wildman–Crippen LogP) is 4.56. The number of hydrogen-bond acceptors (Lipinski definition) is 1. The summed E-state index contributed by atoms with van der Waals surface area (Å²) in [5.74, 6) is 0. The topological polar surface area (TPSA) is 20.2 Å². The number of benzene rings is 3. The van der Waals surface area contributed by atoms with Crippen molar-refractivity contribution in [2.24, 2.45) is 0 Å². The summed E-state index contributed by atoms with van der Waals surface area (Å²) < 4.78 is 2.19. The molecule has 0 aliphatic rings. The van der Waals surface area contributed by atoms with Crippen LogP contribution in [-0.4, -0.2) is 68.5 Å². The highest BCUT2D eigenvalue weighted by Gasteiger charge is 2.35. The fourth-order valence-electron chi connectivity index (χ4n) is 3.95. The Morgan fingerprint density at radius 1 is 0.406 bits per heavy atom. The molecule has 3 aromatic carbocycles. The Hall–Kier alpha value is -2.50. The summed E-state index contributed by atoms with van der Waals surface area (Å²) in [7, 11) is 19.3. The van der Waals surface area contributed by atoms with Crippen LogP contribution < -0.4 is 13.4 Å². The Bertz CT molecular complexity index is 907. The summed E-state index contributed by atoms with van der Waals surface area (Å²) in [6.45, 7) is 0. The minimum atomic E-state index is -1.24. The molecule has 170 valence electrons. The highest BCUT2D eigenvalue weighted by molar-refractivity contribution is 5.55. The first kappa shape index (κ1) is 24.1. The lowest BCUT2D eigenvalue weighted by Crippen LogP contribution is -2.36. The zero-order valence-electron chi connectivity index (χ0n) is 21.2. The Morgan fingerprint density at radius 2 is 0.594 bits per heavy atom. The minimum absolute atomic E-state index is 0.731. The largest absolute Gasteiger partial charge is 0.376 e. The molecule has 0 saturated heterocycles. The van der Waals surface area contributed by atoms with Gasteiger partial charge in [0.05, 0.1) is 63.4 Å². The quantitative estimate of drug-likeness (QED) is 0.445. The zero-order chi connectivity index (χ0) is 23.9. The average Bonchev–Trinajstić information content (AvgIpc) is 2.71. The minimum Gasteiger partial charge on any atom is -0.376 e. The third-order valence-corrected chi connectivity index (χ3v) is 6.18. The van der Waals surface area contributed by atoms with Crippen molar-refractivity contribution in [1.82, 2.24) is 13.4 Å². The summed E-state index contributed by atoms with van der Waals surface area (Å²) in [5, 5.41) is 12.3. The van der Waals surface area contributed by atoms with Crippen molar-refractivity contribution >= 4 is 17.1 Å². The predicted molar refractivity (Wildman–Crippen MR) is 140 cm³/mol. The maximum Gasteiger partial charge on any atom is 0.140 e. The van der Waals surface area contributed by atoms with Crippen LogP contribution in [0.5, 0.6) is 0 Å². The van der Waals surface area contributed by atoms with Gasteiger partial charge in [-0.25, -0.2) is 0 Å². The van der Waals surface area contributed by atoms with Gasteiger partial charge in [-0.2, -0.15) is 0 Å². The Labute approximate surface area is 194 Å². The van der Waals surface area contributed by atoms with Crippen LogP contribution >= 0.6 is 0 Å². The van der Waals surface area contributed by atoms with E-state index in [0.717, 1.165) is 30.1 Å². The van der Waals surface area contributed by atoms with E-state index in [2.05, 4.69) is 136 Å². The van der Waals surface area contributed by atoms with Crippen molar-refractivity contribution in [3.63, 3.8) is 0 Å². The Balaban J connectivity index is 2.17. The molecule has 3 aromatic rings. The first-order valence-electron chi connectivity index (χ1n) is 11.1. The molecule has 0 atom stereocenters. The second kappa shape index (κ2) is 8.13. The van der Waals surface area contributed by atoms with Crippen molar-refractivity contribution in [2.75, 3.05) is 63.4 Å². The molecule has 0 aliphatic carbocycles. The molecule has 0 saturated carbocycles.